The van der Waals surface area contributed by atoms with Crippen LogP contribution in [0.15, 0.2) is 17.1 Å². The van der Waals surface area contributed by atoms with Crippen molar-refractivity contribution < 1.29 is 14.2 Å². The van der Waals surface area contributed by atoms with Crippen LogP contribution in [0.1, 0.15) is 39.2 Å². The molecule has 27 heavy (non-hydrogen) atoms. The standard InChI is InChI=1S/C20H32ClN3O3/c1-5-22-20(24-10-8-16(9-11-24)26-6-2)23-14-15-12-17(21)19(27-7-3)18(13-15)25-4/h12-13,16H,5-11,14H2,1-4H3,(H,22,23). The van der Waals surface area contributed by atoms with E-state index in [1.54, 1.807) is 7.11 Å². The van der Waals surface area contributed by atoms with Crippen molar-refractivity contribution in [3.05, 3.63) is 22.7 Å². The molecular formula is C20H32ClN3O3. The lowest BCUT2D eigenvalue weighted by molar-refractivity contribution is 0.0263. The highest BCUT2D eigenvalue weighted by Crippen LogP contribution is 2.36. The molecule has 7 heteroatoms. The number of hydrogen-bond acceptors (Lipinski definition) is 4. The minimum atomic E-state index is 0.364. The van der Waals surface area contributed by atoms with Crippen LogP contribution in [0.4, 0.5) is 0 Å². The number of methoxy groups -OCH3 is 1. The summed E-state index contributed by atoms with van der Waals surface area (Å²) in [5.41, 5.74) is 0.986. The van der Waals surface area contributed by atoms with E-state index in [2.05, 4.69) is 17.1 Å². The van der Waals surface area contributed by atoms with E-state index in [0.29, 0.717) is 35.8 Å². The van der Waals surface area contributed by atoms with E-state index in [9.17, 15) is 0 Å². The quantitative estimate of drug-likeness (QED) is 0.535. The molecule has 1 N–H and O–H groups in total. The maximum Gasteiger partial charge on any atom is 0.194 e. The first-order valence-corrected chi connectivity index (χ1v) is 10.1. The number of hydrogen-bond donors (Lipinski definition) is 1. The lowest BCUT2D eigenvalue weighted by Gasteiger charge is -2.34. The number of rotatable bonds is 8. The number of benzene rings is 1. The minimum Gasteiger partial charge on any atom is -0.493 e. The summed E-state index contributed by atoms with van der Waals surface area (Å²) < 4.78 is 16.7. The second-order valence-corrected chi connectivity index (χ2v) is 6.76. The van der Waals surface area contributed by atoms with Crippen molar-refractivity contribution >= 4 is 17.6 Å². The summed E-state index contributed by atoms with van der Waals surface area (Å²) in [6.07, 6.45) is 2.42. The van der Waals surface area contributed by atoms with Crippen molar-refractivity contribution in [3.63, 3.8) is 0 Å². The molecule has 6 nitrogen and oxygen atoms in total. The molecule has 1 aliphatic heterocycles. The predicted octanol–water partition coefficient (Wildman–Crippen LogP) is 3.71. The van der Waals surface area contributed by atoms with Crippen molar-refractivity contribution in [2.24, 2.45) is 4.99 Å². The smallest absolute Gasteiger partial charge is 0.194 e. The van der Waals surface area contributed by atoms with E-state index in [4.69, 9.17) is 30.8 Å². The van der Waals surface area contributed by atoms with Gasteiger partial charge in [-0.25, -0.2) is 4.99 Å². The highest BCUT2D eigenvalue weighted by atomic mass is 35.5. The Hall–Kier alpha value is -1.66. The summed E-state index contributed by atoms with van der Waals surface area (Å²) in [5, 5.41) is 3.94. The van der Waals surface area contributed by atoms with E-state index >= 15 is 0 Å². The fourth-order valence-electron chi connectivity index (χ4n) is 3.21. The van der Waals surface area contributed by atoms with Crippen LogP contribution in [0, 0.1) is 0 Å². The molecule has 1 heterocycles. The fourth-order valence-corrected chi connectivity index (χ4v) is 3.50. The van der Waals surface area contributed by atoms with Crippen molar-refractivity contribution in [3.8, 4) is 11.5 Å². The molecule has 1 aromatic carbocycles. The lowest BCUT2D eigenvalue weighted by atomic mass is 10.1. The second-order valence-electron chi connectivity index (χ2n) is 6.35. The summed E-state index contributed by atoms with van der Waals surface area (Å²) in [7, 11) is 1.62. The van der Waals surface area contributed by atoms with E-state index in [0.717, 1.165) is 50.6 Å². The third-order valence-corrected chi connectivity index (χ3v) is 4.75. The highest BCUT2D eigenvalue weighted by molar-refractivity contribution is 6.32. The number of likely N-dealkylation sites (tertiary alicyclic amines) is 1. The number of halogens is 1. The lowest BCUT2D eigenvalue weighted by Crippen LogP contribution is -2.47. The summed E-state index contributed by atoms with van der Waals surface area (Å²) in [6.45, 7) is 10.6. The third kappa shape index (κ3) is 6.18. The van der Waals surface area contributed by atoms with Gasteiger partial charge >= 0.3 is 0 Å². The van der Waals surface area contributed by atoms with Gasteiger partial charge in [0.2, 0.25) is 0 Å². The molecule has 0 aliphatic carbocycles. The molecule has 152 valence electrons. The maximum atomic E-state index is 6.37. The zero-order chi connectivity index (χ0) is 19.6. The topological polar surface area (TPSA) is 55.3 Å². The summed E-state index contributed by atoms with van der Waals surface area (Å²) >= 11 is 6.37. The van der Waals surface area contributed by atoms with Crippen molar-refractivity contribution in [2.75, 3.05) is 40.0 Å². The Labute approximate surface area is 167 Å². The molecule has 0 spiro atoms. The number of nitrogens with zero attached hydrogens (tertiary/aromatic N) is 2. The molecule has 0 amide bonds. The van der Waals surface area contributed by atoms with Gasteiger partial charge < -0.3 is 24.4 Å². The monoisotopic (exact) mass is 397 g/mol. The molecule has 0 unspecified atom stereocenters. The van der Waals surface area contributed by atoms with Gasteiger partial charge in [0.05, 0.1) is 31.4 Å². The molecule has 1 saturated heterocycles. The van der Waals surface area contributed by atoms with Crippen LogP contribution in [0.2, 0.25) is 5.02 Å². The first-order valence-electron chi connectivity index (χ1n) is 9.76. The molecule has 0 aromatic heterocycles. The Morgan fingerprint density at radius 1 is 1.22 bits per heavy atom. The summed E-state index contributed by atoms with van der Waals surface area (Å²) in [6, 6.07) is 3.83. The number of guanidine groups is 1. The Balaban J connectivity index is 2.09. The Bertz CT molecular complexity index is 617. The van der Waals surface area contributed by atoms with Gasteiger partial charge in [-0.3, -0.25) is 0 Å². The van der Waals surface area contributed by atoms with Gasteiger partial charge in [-0.1, -0.05) is 11.6 Å². The summed E-state index contributed by atoms with van der Waals surface area (Å²) in [5.74, 6) is 2.15. The van der Waals surface area contributed by atoms with Gasteiger partial charge in [0.1, 0.15) is 0 Å². The average Bonchev–Trinajstić information content (AvgIpc) is 2.68. The first-order chi connectivity index (χ1) is 13.1. The molecule has 0 radical (unpaired) electrons. The van der Waals surface area contributed by atoms with E-state index in [-0.39, 0.29) is 0 Å². The SMILES string of the molecule is CCNC(=NCc1cc(Cl)c(OCC)c(OC)c1)N1CCC(OCC)CC1. The van der Waals surface area contributed by atoms with Crippen LogP contribution < -0.4 is 14.8 Å². The van der Waals surface area contributed by atoms with Gasteiger partial charge in [0.15, 0.2) is 17.5 Å². The zero-order valence-corrected chi connectivity index (χ0v) is 17.6. The number of ether oxygens (including phenoxy) is 3. The Morgan fingerprint density at radius 2 is 1.96 bits per heavy atom. The Morgan fingerprint density at radius 3 is 2.56 bits per heavy atom. The molecular weight excluding hydrogens is 366 g/mol. The van der Waals surface area contributed by atoms with Crippen LogP contribution in [0.5, 0.6) is 11.5 Å². The molecule has 1 fully saturated rings. The van der Waals surface area contributed by atoms with Crippen LogP contribution >= 0.6 is 11.6 Å². The number of nitrogens with one attached hydrogen (secondary N) is 1. The number of piperidine rings is 1. The predicted molar refractivity (Wildman–Crippen MR) is 110 cm³/mol. The minimum absolute atomic E-state index is 0.364. The molecule has 0 bridgehead atoms. The zero-order valence-electron chi connectivity index (χ0n) is 16.9. The van der Waals surface area contributed by atoms with E-state index in [1.807, 2.05) is 26.0 Å². The van der Waals surface area contributed by atoms with E-state index in [1.165, 1.54) is 0 Å². The van der Waals surface area contributed by atoms with Crippen LogP contribution in [0.25, 0.3) is 0 Å². The van der Waals surface area contributed by atoms with Gasteiger partial charge in [-0.05, 0) is 51.3 Å². The van der Waals surface area contributed by atoms with Crippen LogP contribution in [-0.2, 0) is 11.3 Å². The molecule has 0 atom stereocenters. The largest absolute Gasteiger partial charge is 0.493 e. The van der Waals surface area contributed by atoms with Crippen molar-refractivity contribution in [1.82, 2.24) is 10.2 Å². The van der Waals surface area contributed by atoms with Gasteiger partial charge in [-0.15, -0.1) is 0 Å². The second kappa shape index (κ2) is 11.2. The van der Waals surface area contributed by atoms with Gasteiger partial charge in [0, 0.05) is 26.2 Å². The van der Waals surface area contributed by atoms with E-state index < -0.39 is 0 Å². The van der Waals surface area contributed by atoms with Crippen LogP contribution in [0.3, 0.4) is 0 Å². The first kappa shape index (κ1) is 21.6. The van der Waals surface area contributed by atoms with Crippen molar-refractivity contribution in [1.29, 1.82) is 0 Å². The maximum absolute atomic E-state index is 6.37. The third-order valence-electron chi connectivity index (χ3n) is 4.47. The molecule has 0 saturated carbocycles. The van der Waals surface area contributed by atoms with Gasteiger partial charge in [0.25, 0.3) is 0 Å². The van der Waals surface area contributed by atoms with Gasteiger partial charge in [-0.2, -0.15) is 0 Å². The Kier molecular flexibility index (Phi) is 9.01. The fraction of sp³-hybridized carbons (Fsp3) is 0.650. The molecule has 1 aliphatic rings. The average molecular weight is 398 g/mol. The highest BCUT2D eigenvalue weighted by Gasteiger charge is 2.21. The number of aliphatic imine (C=N–C) groups is 1. The van der Waals surface area contributed by atoms with Crippen molar-refractivity contribution in [2.45, 2.75) is 46.3 Å². The molecule has 2 rings (SSSR count). The van der Waals surface area contributed by atoms with Crippen LogP contribution in [-0.4, -0.2) is 56.9 Å². The molecule has 1 aromatic rings. The summed E-state index contributed by atoms with van der Waals surface area (Å²) in [4.78, 5) is 7.10. The normalized spacial score (nSPS) is 15.7.